The number of carbonyl (C=O) groups is 1. The van der Waals surface area contributed by atoms with Crippen LogP contribution in [-0.4, -0.2) is 41.7 Å². The van der Waals surface area contributed by atoms with Gasteiger partial charge in [0.25, 0.3) is 5.56 Å². The highest BCUT2D eigenvalue weighted by molar-refractivity contribution is 5.78. The Bertz CT molecular complexity index is 1130. The number of rotatable bonds is 4. The van der Waals surface area contributed by atoms with Crippen molar-refractivity contribution in [3.8, 4) is 0 Å². The van der Waals surface area contributed by atoms with E-state index in [-0.39, 0.29) is 23.9 Å². The van der Waals surface area contributed by atoms with E-state index < -0.39 is 0 Å². The molecule has 1 fully saturated rings. The fraction of sp³-hybridized carbons (Fsp3) is 0.500. The molecule has 0 aliphatic carbocycles. The third kappa shape index (κ3) is 3.40. The highest BCUT2D eigenvalue weighted by Gasteiger charge is 2.34. The molecule has 1 saturated heterocycles. The first-order chi connectivity index (χ1) is 14.7. The lowest BCUT2D eigenvalue weighted by Gasteiger charge is -2.25. The fourth-order valence-corrected chi connectivity index (χ4v) is 4.71. The van der Waals surface area contributed by atoms with E-state index in [2.05, 4.69) is 19.7 Å². The monoisotopic (exact) mass is 406 g/mol. The molecule has 2 aliphatic heterocycles. The van der Waals surface area contributed by atoms with Gasteiger partial charge in [-0.05, 0) is 37.8 Å². The Morgan fingerprint density at radius 2 is 1.97 bits per heavy atom. The fourth-order valence-electron chi connectivity index (χ4n) is 4.71. The summed E-state index contributed by atoms with van der Waals surface area (Å²) in [5.41, 5.74) is 0.575. The molecule has 0 unspecified atom stereocenters. The zero-order valence-electron chi connectivity index (χ0n) is 17.0. The minimum Gasteiger partial charge on any atom is -0.332 e. The second kappa shape index (κ2) is 8.01. The van der Waals surface area contributed by atoms with Gasteiger partial charge in [-0.2, -0.15) is 0 Å². The molecule has 0 radical (unpaired) electrons. The maximum absolute atomic E-state index is 13.1. The van der Waals surface area contributed by atoms with Crippen molar-refractivity contribution in [2.45, 2.75) is 64.1 Å². The molecule has 8 heteroatoms. The molecule has 8 nitrogen and oxygen atoms in total. The third-order valence-electron chi connectivity index (χ3n) is 6.31. The molecule has 30 heavy (non-hydrogen) atoms. The lowest BCUT2D eigenvalue weighted by Crippen LogP contribution is -2.33. The van der Waals surface area contributed by atoms with Gasteiger partial charge in [-0.1, -0.05) is 18.6 Å². The molecule has 4 heterocycles. The van der Waals surface area contributed by atoms with E-state index >= 15 is 0 Å². The standard InChI is InChI=1S/C22H26N6O2/c29-20(11-14-26-15-23-17-8-4-3-7-16(17)22(26)30)27-13-6-9-18(27)21-25-24-19-10-2-1-5-12-28(19)21/h3-4,7-8,15,18H,1-2,5-6,9-14H2/t18-/m1/s1. The topological polar surface area (TPSA) is 85.9 Å². The Kier molecular flexibility index (Phi) is 5.06. The van der Waals surface area contributed by atoms with Crippen LogP contribution in [0.5, 0.6) is 0 Å². The van der Waals surface area contributed by atoms with Crippen LogP contribution in [0.1, 0.15) is 56.2 Å². The van der Waals surface area contributed by atoms with Crippen LogP contribution in [0.15, 0.2) is 35.4 Å². The van der Waals surface area contributed by atoms with Gasteiger partial charge >= 0.3 is 0 Å². The Labute approximate surface area is 174 Å². The summed E-state index contributed by atoms with van der Waals surface area (Å²) < 4.78 is 3.77. The first kappa shape index (κ1) is 19.0. The van der Waals surface area contributed by atoms with Gasteiger partial charge < -0.3 is 9.47 Å². The van der Waals surface area contributed by atoms with Crippen LogP contribution in [0.4, 0.5) is 0 Å². The van der Waals surface area contributed by atoms with Gasteiger partial charge in [0.05, 0.1) is 23.3 Å². The van der Waals surface area contributed by atoms with Gasteiger partial charge in [-0.25, -0.2) is 4.98 Å². The van der Waals surface area contributed by atoms with Crippen molar-refractivity contribution in [2.75, 3.05) is 6.54 Å². The summed E-state index contributed by atoms with van der Waals surface area (Å²) in [6.45, 7) is 2.00. The zero-order chi connectivity index (χ0) is 20.5. The van der Waals surface area contributed by atoms with Crippen LogP contribution < -0.4 is 5.56 Å². The average Bonchev–Trinajstić information content (AvgIpc) is 3.34. The number of nitrogens with zero attached hydrogens (tertiary/aromatic N) is 6. The van der Waals surface area contributed by atoms with Crippen molar-refractivity contribution >= 4 is 16.8 Å². The van der Waals surface area contributed by atoms with E-state index in [9.17, 15) is 9.59 Å². The summed E-state index contributed by atoms with van der Waals surface area (Å²) >= 11 is 0. The van der Waals surface area contributed by atoms with Crippen LogP contribution in [0.3, 0.4) is 0 Å². The maximum Gasteiger partial charge on any atom is 0.261 e. The number of likely N-dealkylation sites (tertiary alicyclic amines) is 1. The lowest BCUT2D eigenvalue weighted by atomic mass is 10.2. The van der Waals surface area contributed by atoms with Crippen LogP contribution in [-0.2, 0) is 24.3 Å². The zero-order valence-corrected chi connectivity index (χ0v) is 17.0. The molecular weight excluding hydrogens is 380 g/mol. The second-order valence-corrected chi connectivity index (χ2v) is 8.19. The Morgan fingerprint density at radius 3 is 2.90 bits per heavy atom. The molecule has 0 N–H and O–H groups in total. The van der Waals surface area contributed by atoms with Gasteiger partial charge in [0.15, 0.2) is 5.82 Å². The van der Waals surface area contributed by atoms with E-state index in [4.69, 9.17) is 0 Å². The lowest BCUT2D eigenvalue weighted by molar-refractivity contribution is -0.132. The van der Waals surface area contributed by atoms with Crippen molar-refractivity contribution in [1.82, 2.24) is 29.2 Å². The number of para-hydroxylation sites is 1. The molecule has 0 bridgehead atoms. The van der Waals surface area contributed by atoms with Crippen LogP contribution in [0.25, 0.3) is 10.9 Å². The quantitative estimate of drug-likeness (QED) is 0.664. The molecular formula is C22H26N6O2. The summed E-state index contributed by atoms with van der Waals surface area (Å²) in [4.78, 5) is 32.0. The Balaban J connectivity index is 1.32. The van der Waals surface area contributed by atoms with E-state index in [1.165, 1.54) is 17.3 Å². The molecule has 0 spiro atoms. The summed E-state index contributed by atoms with van der Waals surface area (Å²) in [7, 11) is 0. The highest BCUT2D eigenvalue weighted by atomic mass is 16.2. The molecule has 3 aromatic rings. The highest BCUT2D eigenvalue weighted by Crippen LogP contribution is 2.32. The summed E-state index contributed by atoms with van der Waals surface area (Å²) in [6, 6.07) is 7.28. The van der Waals surface area contributed by atoms with Crippen LogP contribution in [0.2, 0.25) is 0 Å². The van der Waals surface area contributed by atoms with Crippen molar-refractivity contribution < 1.29 is 4.79 Å². The SMILES string of the molecule is O=C(CCn1cnc2ccccc2c1=O)N1CCC[C@@H]1c1nnc2n1CCCCC2. The van der Waals surface area contributed by atoms with E-state index in [0.717, 1.165) is 56.8 Å². The molecule has 1 aromatic carbocycles. The van der Waals surface area contributed by atoms with Crippen molar-refractivity contribution in [2.24, 2.45) is 0 Å². The van der Waals surface area contributed by atoms with Crippen molar-refractivity contribution in [3.63, 3.8) is 0 Å². The summed E-state index contributed by atoms with van der Waals surface area (Å²) in [5, 5.41) is 9.47. The molecule has 1 amide bonds. The van der Waals surface area contributed by atoms with Gasteiger partial charge in [0.1, 0.15) is 5.82 Å². The minimum absolute atomic E-state index is 0.0108. The average molecular weight is 406 g/mol. The Morgan fingerprint density at radius 1 is 1.07 bits per heavy atom. The normalized spacial score (nSPS) is 19.1. The van der Waals surface area contributed by atoms with Gasteiger partial charge in [0.2, 0.25) is 5.91 Å². The van der Waals surface area contributed by atoms with E-state index in [0.29, 0.717) is 17.4 Å². The van der Waals surface area contributed by atoms with Crippen molar-refractivity contribution in [3.05, 3.63) is 52.6 Å². The summed E-state index contributed by atoms with van der Waals surface area (Å²) in [6.07, 6.45) is 8.17. The minimum atomic E-state index is -0.103. The molecule has 2 aromatic heterocycles. The van der Waals surface area contributed by atoms with E-state index in [1.54, 1.807) is 6.07 Å². The summed E-state index contributed by atoms with van der Waals surface area (Å²) in [5.74, 6) is 2.04. The van der Waals surface area contributed by atoms with E-state index in [1.807, 2.05) is 23.1 Å². The number of amides is 1. The number of aryl methyl sites for hydroxylation is 2. The van der Waals surface area contributed by atoms with Gasteiger partial charge in [0, 0.05) is 32.5 Å². The first-order valence-corrected chi connectivity index (χ1v) is 10.9. The number of aromatic nitrogens is 5. The second-order valence-electron chi connectivity index (χ2n) is 8.19. The number of hydrogen-bond donors (Lipinski definition) is 0. The predicted octanol–water partition coefficient (Wildman–Crippen LogP) is 2.47. The molecule has 2 aliphatic rings. The number of carbonyl (C=O) groups excluding carboxylic acids is 1. The van der Waals surface area contributed by atoms with Gasteiger partial charge in [-0.3, -0.25) is 14.2 Å². The van der Waals surface area contributed by atoms with Crippen molar-refractivity contribution in [1.29, 1.82) is 0 Å². The number of fused-ring (bicyclic) bond motifs is 2. The van der Waals surface area contributed by atoms with Crippen LogP contribution >= 0.6 is 0 Å². The largest absolute Gasteiger partial charge is 0.332 e. The smallest absolute Gasteiger partial charge is 0.261 e. The molecule has 156 valence electrons. The molecule has 1 atom stereocenters. The molecule has 0 saturated carbocycles. The number of hydrogen-bond acceptors (Lipinski definition) is 5. The maximum atomic E-state index is 13.1. The predicted molar refractivity (Wildman–Crippen MR) is 112 cm³/mol. The first-order valence-electron chi connectivity index (χ1n) is 10.9. The van der Waals surface area contributed by atoms with Gasteiger partial charge in [-0.15, -0.1) is 10.2 Å². The third-order valence-corrected chi connectivity index (χ3v) is 6.31. The number of benzene rings is 1. The van der Waals surface area contributed by atoms with Crippen LogP contribution in [0, 0.1) is 0 Å². The molecule has 5 rings (SSSR count). The Hall–Kier alpha value is -3.03.